The zero-order valence-corrected chi connectivity index (χ0v) is 8.77. The molecule has 0 bridgehead atoms. The van der Waals surface area contributed by atoms with Gasteiger partial charge in [0.2, 0.25) is 0 Å². The second-order valence-electron chi connectivity index (χ2n) is 4.61. The van der Waals surface area contributed by atoms with Gasteiger partial charge in [-0.15, -0.1) is 0 Å². The van der Waals surface area contributed by atoms with Crippen molar-refractivity contribution in [3.63, 3.8) is 0 Å². The summed E-state index contributed by atoms with van der Waals surface area (Å²) in [6, 6.07) is 0.839. The van der Waals surface area contributed by atoms with Gasteiger partial charge in [-0.1, -0.05) is 33.6 Å². The molecule has 0 heterocycles. The van der Waals surface area contributed by atoms with Crippen molar-refractivity contribution in [2.45, 2.75) is 52.5 Å². The van der Waals surface area contributed by atoms with E-state index in [-0.39, 0.29) is 0 Å². The lowest BCUT2D eigenvalue weighted by Gasteiger charge is -2.19. The SMILES string of the molecule is CC(C)C(C)CNC1CCCC1. The van der Waals surface area contributed by atoms with E-state index in [2.05, 4.69) is 26.1 Å². The predicted octanol–water partition coefficient (Wildman–Crippen LogP) is 2.81. The summed E-state index contributed by atoms with van der Waals surface area (Å²) in [6.07, 6.45) is 5.69. The molecular formula is C11H23N. The largest absolute Gasteiger partial charge is 0.314 e. The van der Waals surface area contributed by atoms with Crippen molar-refractivity contribution in [3.05, 3.63) is 0 Å². The maximum absolute atomic E-state index is 3.66. The molecule has 1 heteroatoms. The van der Waals surface area contributed by atoms with Crippen LogP contribution in [0.15, 0.2) is 0 Å². The second-order valence-corrected chi connectivity index (χ2v) is 4.61. The quantitative estimate of drug-likeness (QED) is 0.682. The number of rotatable bonds is 4. The van der Waals surface area contributed by atoms with Crippen molar-refractivity contribution in [3.8, 4) is 0 Å². The summed E-state index contributed by atoms with van der Waals surface area (Å²) in [5.74, 6) is 1.64. The van der Waals surface area contributed by atoms with Crippen LogP contribution in [0.2, 0.25) is 0 Å². The standard InChI is InChI=1S/C11H23N/c1-9(2)10(3)8-12-11-6-4-5-7-11/h9-12H,4-8H2,1-3H3. The lowest BCUT2D eigenvalue weighted by atomic mass is 9.98. The van der Waals surface area contributed by atoms with Crippen LogP contribution in [-0.2, 0) is 0 Å². The molecule has 1 saturated carbocycles. The Balaban J connectivity index is 2.07. The average Bonchev–Trinajstić information content (AvgIpc) is 2.51. The van der Waals surface area contributed by atoms with Gasteiger partial charge in [0.15, 0.2) is 0 Å². The Bertz CT molecular complexity index is 112. The van der Waals surface area contributed by atoms with Crippen molar-refractivity contribution < 1.29 is 0 Å². The molecule has 1 aliphatic rings. The summed E-state index contributed by atoms with van der Waals surface area (Å²) in [5, 5.41) is 3.66. The number of hydrogen-bond donors (Lipinski definition) is 1. The highest BCUT2D eigenvalue weighted by Crippen LogP contribution is 2.18. The first kappa shape index (κ1) is 10.0. The minimum atomic E-state index is 0.818. The van der Waals surface area contributed by atoms with E-state index in [0.717, 1.165) is 17.9 Å². The third-order valence-electron chi connectivity index (χ3n) is 3.22. The molecule has 1 aliphatic carbocycles. The van der Waals surface area contributed by atoms with Crippen LogP contribution in [0.4, 0.5) is 0 Å². The maximum atomic E-state index is 3.66. The minimum absolute atomic E-state index is 0.818. The predicted molar refractivity (Wildman–Crippen MR) is 54.3 cm³/mol. The Morgan fingerprint density at radius 3 is 2.25 bits per heavy atom. The molecule has 0 aromatic rings. The van der Waals surface area contributed by atoms with Crippen LogP contribution in [0.3, 0.4) is 0 Å². The van der Waals surface area contributed by atoms with Gasteiger partial charge in [0.05, 0.1) is 0 Å². The van der Waals surface area contributed by atoms with Gasteiger partial charge >= 0.3 is 0 Å². The van der Waals surface area contributed by atoms with Crippen molar-refractivity contribution in [1.82, 2.24) is 5.32 Å². The van der Waals surface area contributed by atoms with Crippen LogP contribution in [0.25, 0.3) is 0 Å². The van der Waals surface area contributed by atoms with Gasteiger partial charge in [-0.05, 0) is 31.2 Å². The van der Waals surface area contributed by atoms with Crippen LogP contribution >= 0.6 is 0 Å². The summed E-state index contributed by atoms with van der Waals surface area (Å²) in [4.78, 5) is 0. The first-order valence-corrected chi connectivity index (χ1v) is 5.43. The normalized spacial score (nSPS) is 22.0. The Kier molecular flexibility index (Phi) is 4.07. The fraction of sp³-hybridized carbons (Fsp3) is 1.00. The fourth-order valence-electron chi connectivity index (χ4n) is 1.72. The summed E-state index contributed by atoms with van der Waals surface area (Å²) >= 11 is 0. The van der Waals surface area contributed by atoms with Gasteiger partial charge in [0, 0.05) is 6.04 Å². The molecule has 1 unspecified atom stereocenters. The Morgan fingerprint density at radius 1 is 1.17 bits per heavy atom. The fourth-order valence-corrected chi connectivity index (χ4v) is 1.72. The highest BCUT2D eigenvalue weighted by Gasteiger charge is 2.15. The smallest absolute Gasteiger partial charge is 0.00671 e. The number of hydrogen-bond acceptors (Lipinski definition) is 1. The van der Waals surface area contributed by atoms with Crippen LogP contribution in [-0.4, -0.2) is 12.6 Å². The summed E-state index contributed by atoms with van der Waals surface area (Å²) in [6.45, 7) is 8.16. The van der Waals surface area contributed by atoms with Gasteiger partial charge in [-0.25, -0.2) is 0 Å². The van der Waals surface area contributed by atoms with E-state index in [1.54, 1.807) is 0 Å². The molecule has 12 heavy (non-hydrogen) atoms. The van der Waals surface area contributed by atoms with Gasteiger partial charge in [0.1, 0.15) is 0 Å². The first-order valence-electron chi connectivity index (χ1n) is 5.43. The summed E-state index contributed by atoms with van der Waals surface area (Å²) in [5.41, 5.74) is 0. The van der Waals surface area contributed by atoms with Gasteiger partial charge in [-0.2, -0.15) is 0 Å². The summed E-state index contributed by atoms with van der Waals surface area (Å²) in [7, 11) is 0. The van der Waals surface area contributed by atoms with E-state index in [4.69, 9.17) is 0 Å². The van der Waals surface area contributed by atoms with Crippen LogP contribution in [0, 0.1) is 11.8 Å². The molecule has 1 fully saturated rings. The molecule has 0 aromatic carbocycles. The molecule has 0 aromatic heterocycles. The minimum Gasteiger partial charge on any atom is -0.314 e. The third kappa shape index (κ3) is 3.14. The summed E-state index contributed by atoms with van der Waals surface area (Å²) < 4.78 is 0. The van der Waals surface area contributed by atoms with E-state index in [0.29, 0.717) is 0 Å². The highest BCUT2D eigenvalue weighted by molar-refractivity contribution is 4.74. The first-order chi connectivity index (χ1) is 5.70. The van der Waals surface area contributed by atoms with Crippen molar-refractivity contribution in [2.75, 3.05) is 6.54 Å². The molecule has 0 aliphatic heterocycles. The van der Waals surface area contributed by atoms with E-state index in [1.165, 1.54) is 32.2 Å². The maximum Gasteiger partial charge on any atom is 0.00671 e. The topological polar surface area (TPSA) is 12.0 Å². The molecule has 72 valence electrons. The second kappa shape index (κ2) is 4.86. The molecule has 0 spiro atoms. The van der Waals surface area contributed by atoms with Gasteiger partial charge in [0.25, 0.3) is 0 Å². The highest BCUT2D eigenvalue weighted by atomic mass is 14.9. The van der Waals surface area contributed by atoms with E-state index >= 15 is 0 Å². The zero-order valence-electron chi connectivity index (χ0n) is 8.77. The van der Waals surface area contributed by atoms with Crippen LogP contribution in [0.5, 0.6) is 0 Å². The van der Waals surface area contributed by atoms with Crippen molar-refractivity contribution >= 4 is 0 Å². The molecule has 1 atom stereocenters. The molecule has 0 amide bonds. The number of nitrogens with one attached hydrogen (secondary N) is 1. The average molecular weight is 169 g/mol. The van der Waals surface area contributed by atoms with E-state index < -0.39 is 0 Å². The monoisotopic (exact) mass is 169 g/mol. The van der Waals surface area contributed by atoms with Gasteiger partial charge in [-0.3, -0.25) is 0 Å². The van der Waals surface area contributed by atoms with Crippen LogP contribution < -0.4 is 5.32 Å². The Labute approximate surface area is 76.9 Å². The Hall–Kier alpha value is -0.0400. The lowest BCUT2D eigenvalue weighted by molar-refractivity contribution is 0.368. The van der Waals surface area contributed by atoms with E-state index in [9.17, 15) is 0 Å². The van der Waals surface area contributed by atoms with Crippen molar-refractivity contribution in [2.24, 2.45) is 11.8 Å². The molecule has 1 rings (SSSR count). The lowest BCUT2D eigenvalue weighted by Crippen LogP contribution is -2.31. The molecule has 0 saturated heterocycles. The molecule has 0 radical (unpaired) electrons. The molecular weight excluding hydrogens is 146 g/mol. The zero-order chi connectivity index (χ0) is 8.97. The van der Waals surface area contributed by atoms with Crippen molar-refractivity contribution in [1.29, 1.82) is 0 Å². The third-order valence-corrected chi connectivity index (χ3v) is 3.22. The Morgan fingerprint density at radius 2 is 1.75 bits per heavy atom. The van der Waals surface area contributed by atoms with E-state index in [1.807, 2.05) is 0 Å². The van der Waals surface area contributed by atoms with Crippen LogP contribution in [0.1, 0.15) is 46.5 Å². The molecule has 1 nitrogen and oxygen atoms in total. The molecule has 1 N–H and O–H groups in total. The van der Waals surface area contributed by atoms with Gasteiger partial charge < -0.3 is 5.32 Å².